The Kier molecular flexibility index (Phi) is 4.25. The zero-order valence-electron chi connectivity index (χ0n) is 14.1. The summed E-state index contributed by atoms with van der Waals surface area (Å²) in [5.74, 6) is 0.501. The van der Waals surface area contributed by atoms with E-state index in [-0.39, 0.29) is 18.0 Å². The molecule has 1 atom stereocenters. The third-order valence-electron chi connectivity index (χ3n) is 5.14. The first-order valence-corrected chi connectivity index (χ1v) is 8.90. The molecule has 7 heteroatoms. The molecule has 7 nitrogen and oxygen atoms in total. The van der Waals surface area contributed by atoms with Crippen LogP contribution >= 0.6 is 0 Å². The summed E-state index contributed by atoms with van der Waals surface area (Å²) in [6.07, 6.45) is 3.34. The third kappa shape index (κ3) is 3.28. The van der Waals surface area contributed by atoms with Gasteiger partial charge in [-0.15, -0.1) is 0 Å². The minimum Gasteiger partial charge on any atom is -0.467 e. The molecule has 2 saturated heterocycles. The second-order valence-electron chi connectivity index (χ2n) is 6.85. The molecule has 3 amide bonds. The molecule has 25 heavy (non-hydrogen) atoms. The molecule has 4 rings (SSSR count). The van der Waals surface area contributed by atoms with Crippen molar-refractivity contribution in [1.29, 1.82) is 0 Å². The van der Waals surface area contributed by atoms with Gasteiger partial charge in [0.25, 0.3) is 5.91 Å². The van der Waals surface area contributed by atoms with Crippen molar-refractivity contribution in [2.24, 2.45) is 0 Å². The highest BCUT2D eigenvalue weighted by Crippen LogP contribution is 2.33. The Balaban J connectivity index is 1.33. The molecule has 0 aliphatic carbocycles. The number of nitrogens with one attached hydrogen (secondary N) is 2. The number of benzene rings is 1. The highest BCUT2D eigenvalue weighted by molar-refractivity contribution is 5.98. The first kappa shape index (κ1) is 16.2. The molecule has 3 aliphatic rings. The monoisotopic (exact) mass is 345 g/mol. The maximum Gasteiger partial charge on any atom is 0.317 e. The maximum atomic E-state index is 12.3. The molecule has 1 unspecified atom stereocenters. The Morgan fingerprint density at radius 2 is 2.12 bits per heavy atom. The fourth-order valence-corrected chi connectivity index (χ4v) is 3.67. The van der Waals surface area contributed by atoms with E-state index in [9.17, 15) is 9.59 Å². The van der Waals surface area contributed by atoms with E-state index in [1.54, 1.807) is 11.0 Å². The zero-order chi connectivity index (χ0) is 17.3. The van der Waals surface area contributed by atoms with Crippen LogP contribution in [0.4, 0.5) is 4.79 Å². The lowest BCUT2D eigenvalue weighted by Gasteiger charge is -2.44. The summed E-state index contributed by atoms with van der Waals surface area (Å²) in [5.41, 5.74) is -0.151. The van der Waals surface area contributed by atoms with Gasteiger partial charge in [-0.3, -0.25) is 4.79 Å². The van der Waals surface area contributed by atoms with E-state index in [0.717, 1.165) is 19.4 Å². The molecule has 0 aromatic heterocycles. The van der Waals surface area contributed by atoms with Crippen LogP contribution in [0.25, 0.3) is 0 Å². The Morgan fingerprint density at radius 3 is 2.88 bits per heavy atom. The number of likely N-dealkylation sites (tertiary alicyclic amines) is 1. The number of fused-ring (bicyclic) bond motifs is 1. The van der Waals surface area contributed by atoms with Crippen molar-refractivity contribution in [2.45, 2.75) is 37.5 Å². The summed E-state index contributed by atoms with van der Waals surface area (Å²) < 4.78 is 11.6. The molecule has 1 aromatic rings. The second kappa shape index (κ2) is 6.55. The van der Waals surface area contributed by atoms with Crippen LogP contribution in [-0.2, 0) is 4.74 Å². The summed E-state index contributed by atoms with van der Waals surface area (Å²) in [4.78, 5) is 26.4. The van der Waals surface area contributed by atoms with Crippen LogP contribution in [0.15, 0.2) is 24.3 Å². The van der Waals surface area contributed by atoms with Gasteiger partial charge in [-0.2, -0.15) is 0 Å². The number of piperidine rings is 1. The lowest BCUT2D eigenvalue weighted by Crippen LogP contribution is -2.62. The average Bonchev–Trinajstić information content (AvgIpc) is 3.14. The van der Waals surface area contributed by atoms with E-state index in [1.807, 2.05) is 18.2 Å². The molecule has 134 valence electrons. The van der Waals surface area contributed by atoms with Crippen molar-refractivity contribution < 1.29 is 19.1 Å². The summed E-state index contributed by atoms with van der Waals surface area (Å²) in [6.45, 7) is 2.42. The lowest BCUT2D eigenvalue weighted by molar-refractivity contribution is -0.0214. The van der Waals surface area contributed by atoms with Gasteiger partial charge in [0.05, 0.1) is 11.7 Å². The van der Waals surface area contributed by atoms with Crippen LogP contribution in [0.1, 0.15) is 36.0 Å². The summed E-state index contributed by atoms with van der Waals surface area (Å²) in [6, 6.07) is 7.18. The zero-order valence-corrected chi connectivity index (χ0v) is 14.1. The van der Waals surface area contributed by atoms with Crippen LogP contribution in [0.5, 0.6) is 5.75 Å². The van der Waals surface area contributed by atoms with Crippen LogP contribution in [0.2, 0.25) is 0 Å². The topological polar surface area (TPSA) is 79.9 Å². The quantitative estimate of drug-likeness (QED) is 0.851. The van der Waals surface area contributed by atoms with Crippen LogP contribution in [0.3, 0.4) is 0 Å². The number of ether oxygens (including phenoxy) is 2. The highest BCUT2D eigenvalue weighted by Gasteiger charge is 2.43. The number of carbonyl (C=O) groups excluding carboxylic acids is 2. The Bertz CT molecular complexity index is 664. The van der Waals surface area contributed by atoms with E-state index in [4.69, 9.17) is 9.47 Å². The van der Waals surface area contributed by atoms with Gasteiger partial charge in [-0.1, -0.05) is 12.1 Å². The number of hydrogen-bond donors (Lipinski definition) is 2. The predicted octanol–water partition coefficient (Wildman–Crippen LogP) is 1.49. The molecule has 1 spiro atoms. The molecule has 0 saturated carbocycles. The molecule has 3 aliphatic heterocycles. The average molecular weight is 345 g/mol. The normalized spacial score (nSPS) is 24.4. The highest BCUT2D eigenvalue weighted by atomic mass is 16.5. The van der Waals surface area contributed by atoms with E-state index in [1.165, 1.54) is 0 Å². The van der Waals surface area contributed by atoms with Crippen molar-refractivity contribution in [2.75, 3.05) is 26.2 Å². The van der Waals surface area contributed by atoms with Gasteiger partial charge in [-0.05, 0) is 25.0 Å². The molecule has 0 radical (unpaired) electrons. The summed E-state index contributed by atoms with van der Waals surface area (Å²) in [7, 11) is 0. The van der Waals surface area contributed by atoms with Crippen molar-refractivity contribution in [3.05, 3.63) is 29.8 Å². The number of urea groups is 1. The van der Waals surface area contributed by atoms with E-state index in [2.05, 4.69) is 10.6 Å². The lowest BCUT2D eigenvalue weighted by atomic mass is 9.97. The van der Waals surface area contributed by atoms with Crippen LogP contribution in [0, 0.1) is 0 Å². The molecular formula is C18H23N3O4. The smallest absolute Gasteiger partial charge is 0.317 e. The van der Waals surface area contributed by atoms with Gasteiger partial charge in [0.15, 0.2) is 5.72 Å². The second-order valence-corrected chi connectivity index (χ2v) is 6.85. The molecule has 2 N–H and O–H groups in total. The van der Waals surface area contributed by atoms with E-state index >= 15 is 0 Å². The van der Waals surface area contributed by atoms with Gasteiger partial charge >= 0.3 is 6.03 Å². The number of hydrogen-bond acceptors (Lipinski definition) is 4. The number of para-hydroxylation sites is 1. The van der Waals surface area contributed by atoms with Gasteiger partial charge in [0.1, 0.15) is 5.75 Å². The number of nitrogens with zero attached hydrogens (tertiary/aromatic N) is 1. The standard InChI is InChI=1S/C18H23N3O4/c22-16-14-5-1-2-6-15(14)25-18(20-16)7-9-21(10-8-18)17(23)19-12-13-4-3-11-24-13/h1-2,5-6,13H,3-4,7-12H2,(H,19,23)(H,20,22). The van der Waals surface area contributed by atoms with Gasteiger partial charge in [-0.25, -0.2) is 4.79 Å². The van der Waals surface area contributed by atoms with Crippen LogP contribution in [-0.4, -0.2) is 54.9 Å². The van der Waals surface area contributed by atoms with Gasteiger partial charge in [0, 0.05) is 39.1 Å². The van der Waals surface area contributed by atoms with Gasteiger partial charge in [0.2, 0.25) is 0 Å². The van der Waals surface area contributed by atoms with Crippen molar-refractivity contribution in [3.8, 4) is 5.75 Å². The number of carbonyl (C=O) groups is 2. The van der Waals surface area contributed by atoms with Crippen molar-refractivity contribution in [3.63, 3.8) is 0 Å². The SMILES string of the molecule is O=C1NC2(CCN(C(=O)NCC3CCCO3)CC2)Oc2ccccc21. The summed E-state index contributed by atoms with van der Waals surface area (Å²) >= 11 is 0. The van der Waals surface area contributed by atoms with Gasteiger partial charge < -0.3 is 25.0 Å². The van der Waals surface area contributed by atoms with E-state index < -0.39 is 5.72 Å². The van der Waals surface area contributed by atoms with Crippen molar-refractivity contribution in [1.82, 2.24) is 15.5 Å². The van der Waals surface area contributed by atoms with E-state index in [0.29, 0.717) is 43.8 Å². The first-order chi connectivity index (χ1) is 12.2. The number of amides is 3. The Labute approximate surface area is 146 Å². The maximum absolute atomic E-state index is 12.3. The predicted molar refractivity (Wildman–Crippen MR) is 90.4 cm³/mol. The first-order valence-electron chi connectivity index (χ1n) is 8.90. The molecule has 3 heterocycles. The fraction of sp³-hybridized carbons (Fsp3) is 0.556. The Morgan fingerprint density at radius 1 is 1.32 bits per heavy atom. The molecular weight excluding hydrogens is 322 g/mol. The molecule has 1 aromatic carbocycles. The minimum atomic E-state index is -0.712. The molecule has 2 fully saturated rings. The number of rotatable bonds is 2. The fourth-order valence-electron chi connectivity index (χ4n) is 3.67. The Hall–Kier alpha value is -2.28. The molecule has 0 bridgehead atoms. The summed E-state index contributed by atoms with van der Waals surface area (Å²) in [5, 5.41) is 5.93. The minimum absolute atomic E-state index is 0.0760. The third-order valence-corrected chi connectivity index (χ3v) is 5.14. The van der Waals surface area contributed by atoms with Crippen LogP contribution < -0.4 is 15.4 Å². The van der Waals surface area contributed by atoms with Crippen molar-refractivity contribution >= 4 is 11.9 Å². The largest absolute Gasteiger partial charge is 0.467 e.